The van der Waals surface area contributed by atoms with Gasteiger partial charge in [0.2, 0.25) is 0 Å². The van der Waals surface area contributed by atoms with Crippen LogP contribution in [-0.2, 0) is 13.1 Å². The summed E-state index contributed by atoms with van der Waals surface area (Å²) in [5, 5.41) is 1.01. The third kappa shape index (κ3) is 2.59. The van der Waals surface area contributed by atoms with Crippen molar-refractivity contribution in [3.63, 3.8) is 0 Å². The first-order valence-corrected chi connectivity index (χ1v) is 7.29. The molecule has 0 bridgehead atoms. The smallest absolute Gasteiger partial charge is 0.145 e. The minimum absolute atomic E-state index is 0.0461. The Labute approximate surface area is 129 Å². The van der Waals surface area contributed by atoms with E-state index < -0.39 is 11.6 Å². The summed E-state index contributed by atoms with van der Waals surface area (Å²) in [6.07, 6.45) is 1.82. The molecule has 21 heavy (non-hydrogen) atoms. The van der Waals surface area contributed by atoms with E-state index in [-0.39, 0.29) is 16.6 Å². The fourth-order valence-electron chi connectivity index (χ4n) is 2.40. The van der Waals surface area contributed by atoms with Crippen LogP contribution in [0.4, 0.5) is 8.78 Å². The molecule has 2 N–H and O–H groups in total. The van der Waals surface area contributed by atoms with Gasteiger partial charge in [0, 0.05) is 23.8 Å². The highest BCUT2D eigenvalue weighted by atomic mass is 79.9. The van der Waals surface area contributed by atoms with E-state index in [0.717, 1.165) is 16.5 Å². The average Bonchev–Trinajstić information content (AvgIpc) is 2.89. The van der Waals surface area contributed by atoms with E-state index in [1.54, 1.807) is 0 Å². The second-order valence-electron chi connectivity index (χ2n) is 4.86. The summed E-state index contributed by atoms with van der Waals surface area (Å²) in [6, 6.07) is 10.4. The molecule has 0 atom stereocenters. The maximum absolute atomic E-state index is 14.1. The molecule has 0 radical (unpaired) electrons. The van der Waals surface area contributed by atoms with Crippen LogP contribution in [0.2, 0.25) is 0 Å². The summed E-state index contributed by atoms with van der Waals surface area (Å²) < 4.78 is 30.0. The molecular weight excluding hydrogens is 338 g/mol. The predicted molar refractivity (Wildman–Crippen MR) is 83.0 cm³/mol. The summed E-state index contributed by atoms with van der Waals surface area (Å²) in [7, 11) is 0. The van der Waals surface area contributed by atoms with Gasteiger partial charge in [0.1, 0.15) is 11.6 Å². The molecule has 1 heterocycles. The zero-order chi connectivity index (χ0) is 15.0. The fraction of sp³-hybridized carbons (Fsp3) is 0.125. The number of hydrogen-bond donors (Lipinski definition) is 1. The molecular formula is C16H13BrF2N2. The minimum atomic E-state index is -0.560. The van der Waals surface area contributed by atoms with Crippen LogP contribution in [0.5, 0.6) is 0 Å². The molecule has 0 fully saturated rings. The first-order valence-electron chi connectivity index (χ1n) is 6.50. The zero-order valence-electron chi connectivity index (χ0n) is 11.1. The first kappa shape index (κ1) is 14.2. The lowest BCUT2D eigenvalue weighted by molar-refractivity contribution is 0.543. The largest absolute Gasteiger partial charge is 0.343 e. The minimum Gasteiger partial charge on any atom is -0.343 e. The Balaban J connectivity index is 2.05. The Hall–Kier alpha value is -1.72. The van der Waals surface area contributed by atoms with Crippen LogP contribution < -0.4 is 5.73 Å². The van der Waals surface area contributed by atoms with Gasteiger partial charge in [-0.3, -0.25) is 0 Å². The molecule has 0 aliphatic carbocycles. The molecule has 0 spiro atoms. The molecule has 3 rings (SSSR count). The number of nitrogens with two attached hydrogens (primary N) is 1. The third-order valence-electron chi connectivity index (χ3n) is 3.54. The normalized spacial score (nSPS) is 11.2. The highest BCUT2D eigenvalue weighted by molar-refractivity contribution is 9.10. The average molecular weight is 351 g/mol. The van der Waals surface area contributed by atoms with Crippen LogP contribution in [0.15, 0.2) is 47.1 Å². The standard InChI is InChI=1S/C16H13BrF2N2/c17-13-2-3-14(18)12(16(13)19)9-21-6-5-11-7-10(8-20)1-4-15(11)21/h1-7H,8-9,20H2. The van der Waals surface area contributed by atoms with Gasteiger partial charge in [-0.05, 0) is 57.2 Å². The lowest BCUT2D eigenvalue weighted by Crippen LogP contribution is -2.04. The van der Waals surface area contributed by atoms with Crippen molar-refractivity contribution in [3.05, 3.63) is 69.8 Å². The van der Waals surface area contributed by atoms with Crippen LogP contribution in [-0.4, -0.2) is 4.57 Å². The van der Waals surface area contributed by atoms with Gasteiger partial charge in [-0.15, -0.1) is 0 Å². The number of hydrogen-bond acceptors (Lipinski definition) is 1. The number of rotatable bonds is 3. The SMILES string of the molecule is NCc1ccc2c(ccn2Cc2c(F)ccc(Br)c2F)c1. The van der Waals surface area contributed by atoms with Crippen molar-refractivity contribution in [2.45, 2.75) is 13.1 Å². The topological polar surface area (TPSA) is 30.9 Å². The van der Waals surface area contributed by atoms with Crippen molar-refractivity contribution in [1.82, 2.24) is 4.57 Å². The Bertz CT molecular complexity index is 811. The zero-order valence-corrected chi connectivity index (χ0v) is 12.7. The monoisotopic (exact) mass is 350 g/mol. The number of halogens is 3. The van der Waals surface area contributed by atoms with Crippen LogP contribution in [0, 0.1) is 11.6 Å². The highest BCUT2D eigenvalue weighted by Crippen LogP contribution is 2.25. The van der Waals surface area contributed by atoms with Crippen molar-refractivity contribution < 1.29 is 8.78 Å². The van der Waals surface area contributed by atoms with E-state index >= 15 is 0 Å². The van der Waals surface area contributed by atoms with Gasteiger partial charge >= 0.3 is 0 Å². The second-order valence-corrected chi connectivity index (χ2v) is 5.72. The maximum atomic E-state index is 14.1. The van der Waals surface area contributed by atoms with Crippen molar-refractivity contribution >= 4 is 26.8 Å². The number of benzene rings is 2. The molecule has 5 heteroatoms. The van der Waals surface area contributed by atoms with Crippen LogP contribution in [0.3, 0.4) is 0 Å². The molecule has 0 saturated heterocycles. The van der Waals surface area contributed by atoms with Crippen molar-refractivity contribution in [2.75, 3.05) is 0 Å². The molecule has 108 valence electrons. The van der Waals surface area contributed by atoms with E-state index in [1.165, 1.54) is 12.1 Å². The van der Waals surface area contributed by atoms with Gasteiger partial charge in [0.25, 0.3) is 0 Å². The molecule has 2 aromatic carbocycles. The van der Waals surface area contributed by atoms with Crippen LogP contribution in [0.1, 0.15) is 11.1 Å². The predicted octanol–water partition coefficient (Wildman–Crippen LogP) is 4.19. The highest BCUT2D eigenvalue weighted by Gasteiger charge is 2.13. The summed E-state index contributed by atoms with van der Waals surface area (Å²) in [4.78, 5) is 0. The summed E-state index contributed by atoms with van der Waals surface area (Å²) in [5.74, 6) is -1.11. The van der Waals surface area contributed by atoms with Crippen molar-refractivity contribution in [3.8, 4) is 0 Å². The van der Waals surface area contributed by atoms with Gasteiger partial charge in [-0.2, -0.15) is 0 Å². The Morgan fingerprint density at radius 1 is 1.10 bits per heavy atom. The lowest BCUT2D eigenvalue weighted by Gasteiger charge is -2.09. The van der Waals surface area contributed by atoms with Gasteiger partial charge < -0.3 is 10.3 Å². The quantitative estimate of drug-likeness (QED) is 0.705. The summed E-state index contributed by atoms with van der Waals surface area (Å²) in [5.41, 5.74) is 7.61. The van der Waals surface area contributed by atoms with Gasteiger partial charge in [-0.25, -0.2) is 8.78 Å². The van der Waals surface area contributed by atoms with E-state index in [2.05, 4.69) is 15.9 Å². The van der Waals surface area contributed by atoms with Gasteiger partial charge in [0.05, 0.1) is 11.0 Å². The van der Waals surface area contributed by atoms with Crippen molar-refractivity contribution in [2.24, 2.45) is 5.73 Å². The number of nitrogens with zero attached hydrogens (tertiary/aromatic N) is 1. The first-order chi connectivity index (χ1) is 10.1. The van der Waals surface area contributed by atoms with Crippen molar-refractivity contribution in [1.29, 1.82) is 0 Å². The number of aromatic nitrogens is 1. The van der Waals surface area contributed by atoms with E-state index in [0.29, 0.717) is 6.54 Å². The summed E-state index contributed by atoms with van der Waals surface area (Å²) in [6.45, 7) is 0.610. The van der Waals surface area contributed by atoms with Crippen LogP contribution in [0.25, 0.3) is 10.9 Å². The lowest BCUT2D eigenvalue weighted by atomic mass is 10.1. The molecule has 1 aromatic heterocycles. The Morgan fingerprint density at radius 3 is 2.67 bits per heavy atom. The Kier molecular flexibility index (Phi) is 3.78. The molecule has 0 saturated carbocycles. The van der Waals surface area contributed by atoms with Gasteiger partial charge in [0.15, 0.2) is 0 Å². The third-order valence-corrected chi connectivity index (χ3v) is 4.15. The summed E-state index contributed by atoms with van der Waals surface area (Å²) >= 11 is 3.09. The number of fused-ring (bicyclic) bond motifs is 1. The van der Waals surface area contributed by atoms with E-state index in [1.807, 2.05) is 35.0 Å². The van der Waals surface area contributed by atoms with Gasteiger partial charge in [-0.1, -0.05) is 6.07 Å². The molecule has 2 nitrogen and oxygen atoms in total. The Morgan fingerprint density at radius 2 is 1.90 bits per heavy atom. The molecule has 0 aliphatic heterocycles. The molecule has 0 aliphatic rings. The molecule has 0 amide bonds. The van der Waals surface area contributed by atoms with E-state index in [9.17, 15) is 8.78 Å². The second kappa shape index (κ2) is 5.58. The fourth-order valence-corrected chi connectivity index (χ4v) is 2.77. The molecule has 0 unspecified atom stereocenters. The maximum Gasteiger partial charge on any atom is 0.145 e. The van der Waals surface area contributed by atoms with E-state index in [4.69, 9.17) is 5.73 Å². The van der Waals surface area contributed by atoms with Crippen LogP contribution >= 0.6 is 15.9 Å². The molecule has 3 aromatic rings.